The predicted octanol–water partition coefficient (Wildman–Crippen LogP) is 3.98. The Balaban J connectivity index is 1.65. The van der Waals surface area contributed by atoms with Crippen LogP contribution in [0.3, 0.4) is 0 Å². The van der Waals surface area contributed by atoms with Gasteiger partial charge in [0.05, 0.1) is 24.3 Å². The topological polar surface area (TPSA) is 58.6 Å². The normalized spacial score (nSPS) is 17.3. The smallest absolute Gasteiger partial charge is 0.339 e. The number of ether oxygens (including phenoxy) is 1. The predicted molar refractivity (Wildman–Crippen MR) is 106 cm³/mol. The van der Waals surface area contributed by atoms with Gasteiger partial charge >= 0.3 is 5.97 Å². The number of hydrogen-bond acceptors (Lipinski definition) is 4. The second kappa shape index (κ2) is 9.02. The fourth-order valence-corrected chi connectivity index (χ4v) is 3.59. The summed E-state index contributed by atoms with van der Waals surface area (Å²) in [6, 6.07) is 14.7. The molecule has 1 heterocycles. The Morgan fingerprint density at radius 2 is 1.93 bits per heavy atom. The number of benzene rings is 2. The first-order chi connectivity index (χ1) is 13.1. The first-order valence-electron chi connectivity index (χ1n) is 9.02. The van der Waals surface area contributed by atoms with Crippen LogP contribution in [0.25, 0.3) is 0 Å². The number of rotatable bonds is 5. The lowest BCUT2D eigenvalue weighted by Crippen LogP contribution is -2.40. The summed E-state index contributed by atoms with van der Waals surface area (Å²) in [7, 11) is 1.33. The van der Waals surface area contributed by atoms with Gasteiger partial charge in [0, 0.05) is 18.1 Å². The average Bonchev–Trinajstić information content (AvgIpc) is 2.70. The number of likely N-dealkylation sites (tertiary alicyclic amines) is 1. The molecule has 6 heteroatoms. The molecule has 0 aliphatic carbocycles. The van der Waals surface area contributed by atoms with Crippen molar-refractivity contribution >= 4 is 29.2 Å². The standard InChI is InChI=1S/C21H23ClN2O3/c1-27-21(26)17-9-3-5-11-19(17)23-20(25)16-8-6-12-24(14-16)13-15-7-2-4-10-18(15)22/h2-5,7,9-11,16H,6,8,12-14H2,1H3,(H,23,25)/t16-/m0/s1. The molecule has 1 aliphatic rings. The molecular weight excluding hydrogens is 364 g/mol. The van der Waals surface area contributed by atoms with E-state index in [4.69, 9.17) is 16.3 Å². The van der Waals surface area contributed by atoms with Gasteiger partial charge in [0.1, 0.15) is 0 Å². The number of esters is 1. The van der Waals surface area contributed by atoms with E-state index in [0.717, 1.165) is 36.5 Å². The highest BCUT2D eigenvalue weighted by atomic mass is 35.5. The van der Waals surface area contributed by atoms with Crippen molar-refractivity contribution < 1.29 is 14.3 Å². The van der Waals surface area contributed by atoms with Crippen molar-refractivity contribution in [1.82, 2.24) is 4.90 Å². The number of methoxy groups -OCH3 is 1. The van der Waals surface area contributed by atoms with Crippen LogP contribution in [0.15, 0.2) is 48.5 Å². The first kappa shape index (κ1) is 19.4. The molecule has 142 valence electrons. The third kappa shape index (κ3) is 4.87. The lowest BCUT2D eigenvalue weighted by molar-refractivity contribution is -0.121. The Morgan fingerprint density at radius 3 is 2.70 bits per heavy atom. The SMILES string of the molecule is COC(=O)c1ccccc1NC(=O)[C@H]1CCCN(Cc2ccccc2Cl)C1. The minimum absolute atomic E-state index is 0.0739. The second-order valence-electron chi connectivity index (χ2n) is 6.69. The number of hydrogen-bond donors (Lipinski definition) is 1. The van der Waals surface area contributed by atoms with Crippen molar-refractivity contribution in [2.24, 2.45) is 5.92 Å². The van der Waals surface area contributed by atoms with Crippen LogP contribution in [0.1, 0.15) is 28.8 Å². The van der Waals surface area contributed by atoms with Crippen molar-refractivity contribution in [1.29, 1.82) is 0 Å². The molecule has 1 aliphatic heterocycles. The zero-order valence-corrected chi connectivity index (χ0v) is 16.0. The van der Waals surface area contributed by atoms with Crippen LogP contribution in [0.5, 0.6) is 0 Å². The summed E-state index contributed by atoms with van der Waals surface area (Å²) in [6.07, 6.45) is 1.77. The van der Waals surface area contributed by atoms with Crippen molar-refractivity contribution in [3.8, 4) is 0 Å². The Kier molecular flexibility index (Phi) is 6.48. The third-order valence-electron chi connectivity index (χ3n) is 4.82. The molecule has 2 aromatic carbocycles. The highest BCUT2D eigenvalue weighted by Crippen LogP contribution is 2.24. The maximum atomic E-state index is 12.8. The maximum Gasteiger partial charge on any atom is 0.339 e. The molecule has 1 fully saturated rings. The number of carbonyl (C=O) groups is 2. The molecule has 5 nitrogen and oxygen atoms in total. The molecule has 1 amide bonds. The molecule has 0 radical (unpaired) electrons. The molecule has 3 rings (SSSR count). The van der Waals surface area contributed by atoms with E-state index < -0.39 is 5.97 Å². The molecule has 0 saturated carbocycles. The van der Waals surface area contributed by atoms with Gasteiger partial charge in [-0.1, -0.05) is 41.9 Å². The van der Waals surface area contributed by atoms with Crippen molar-refractivity contribution in [2.45, 2.75) is 19.4 Å². The molecule has 0 aromatic heterocycles. The quantitative estimate of drug-likeness (QED) is 0.790. The van der Waals surface area contributed by atoms with Crippen molar-refractivity contribution in [3.05, 3.63) is 64.7 Å². The van der Waals surface area contributed by atoms with Gasteiger partial charge in [-0.3, -0.25) is 9.69 Å². The minimum atomic E-state index is -0.463. The highest BCUT2D eigenvalue weighted by molar-refractivity contribution is 6.31. The average molecular weight is 387 g/mol. The van der Waals surface area contributed by atoms with Crippen molar-refractivity contribution in [3.63, 3.8) is 0 Å². The molecule has 27 heavy (non-hydrogen) atoms. The molecule has 0 spiro atoms. The third-order valence-corrected chi connectivity index (χ3v) is 5.19. The Bertz CT molecular complexity index is 825. The maximum absolute atomic E-state index is 12.8. The second-order valence-corrected chi connectivity index (χ2v) is 7.10. The van der Waals surface area contributed by atoms with Gasteiger partial charge in [-0.25, -0.2) is 4.79 Å². The molecule has 1 atom stereocenters. The van der Waals surface area contributed by atoms with Gasteiger partial charge in [0.25, 0.3) is 0 Å². The zero-order chi connectivity index (χ0) is 19.2. The van der Waals surface area contributed by atoms with Crippen LogP contribution >= 0.6 is 11.6 Å². The Morgan fingerprint density at radius 1 is 1.19 bits per heavy atom. The Hall–Kier alpha value is -2.37. The number of anilines is 1. The lowest BCUT2D eigenvalue weighted by atomic mass is 9.96. The van der Waals surface area contributed by atoms with E-state index >= 15 is 0 Å². The highest BCUT2D eigenvalue weighted by Gasteiger charge is 2.27. The minimum Gasteiger partial charge on any atom is -0.465 e. The van der Waals surface area contributed by atoms with Gasteiger partial charge < -0.3 is 10.1 Å². The summed E-state index contributed by atoms with van der Waals surface area (Å²) < 4.78 is 4.79. The zero-order valence-electron chi connectivity index (χ0n) is 15.3. The van der Waals surface area contributed by atoms with E-state index in [-0.39, 0.29) is 11.8 Å². The van der Waals surface area contributed by atoms with Gasteiger partial charge in [-0.05, 0) is 43.1 Å². The van der Waals surface area contributed by atoms with Crippen LogP contribution in [0.4, 0.5) is 5.69 Å². The molecular formula is C21H23ClN2O3. The van der Waals surface area contributed by atoms with Crippen LogP contribution in [0.2, 0.25) is 5.02 Å². The van der Waals surface area contributed by atoms with E-state index in [1.807, 2.05) is 24.3 Å². The van der Waals surface area contributed by atoms with Crippen LogP contribution < -0.4 is 5.32 Å². The molecule has 1 N–H and O–H groups in total. The summed E-state index contributed by atoms with van der Waals surface area (Å²) in [6.45, 7) is 2.33. The van der Waals surface area contributed by atoms with Gasteiger partial charge in [-0.15, -0.1) is 0 Å². The van der Waals surface area contributed by atoms with Crippen LogP contribution in [-0.4, -0.2) is 37.0 Å². The van der Waals surface area contributed by atoms with Crippen LogP contribution in [-0.2, 0) is 16.1 Å². The number of nitrogens with one attached hydrogen (secondary N) is 1. The summed E-state index contributed by atoms with van der Waals surface area (Å²) >= 11 is 6.26. The van der Waals surface area contributed by atoms with E-state index in [1.54, 1.807) is 24.3 Å². The summed E-state index contributed by atoms with van der Waals surface area (Å²) in [5.41, 5.74) is 1.91. The monoisotopic (exact) mass is 386 g/mol. The first-order valence-corrected chi connectivity index (χ1v) is 9.40. The summed E-state index contributed by atoms with van der Waals surface area (Å²) in [5.74, 6) is -0.669. The molecule has 0 unspecified atom stereocenters. The number of halogens is 1. The number of carbonyl (C=O) groups excluding carboxylic acids is 2. The van der Waals surface area contributed by atoms with E-state index in [1.165, 1.54) is 7.11 Å². The number of piperidine rings is 1. The molecule has 0 bridgehead atoms. The van der Waals surface area contributed by atoms with Gasteiger partial charge in [0.2, 0.25) is 5.91 Å². The largest absolute Gasteiger partial charge is 0.465 e. The van der Waals surface area contributed by atoms with E-state index in [9.17, 15) is 9.59 Å². The Labute approximate surface area is 164 Å². The number of amides is 1. The number of nitrogens with zero attached hydrogens (tertiary/aromatic N) is 1. The molecule has 1 saturated heterocycles. The van der Waals surface area contributed by atoms with E-state index in [0.29, 0.717) is 17.8 Å². The van der Waals surface area contributed by atoms with Gasteiger partial charge in [-0.2, -0.15) is 0 Å². The number of para-hydroxylation sites is 1. The van der Waals surface area contributed by atoms with Crippen molar-refractivity contribution in [2.75, 3.05) is 25.5 Å². The summed E-state index contributed by atoms with van der Waals surface area (Å²) in [5, 5.41) is 3.65. The molecule has 2 aromatic rings. The fourth-order valence-electron chi connectivity index (χ4n) is 3.40. The lowest BCUT2D eigenvalue weighted by Gasteiger charge is -2.32. The van der Waals surface area contributed by atoms with Crippen LogP contribution in [0, 0.1) is 5.92 Å². The van der Waals surface area contributed by atoms with E-state index in [2.05, 4.69) is 10.2 Å². The fraction of sp³-hybridized carbons (Fsp3) is 0.333. The van der Waals surface area contributed by atoms with Gasteiger partial charge in [0.15, 0.2) is 0 Å². The summed E-state index contributed by atoms with van der Waals surface area (Å²) in [4.78, 5) is 26.9.